The van der Waals surface area contributed by atoms with Crippen LogP contribution >= 0.6 is 0 Å². The first-order chi connectivity index (χ1) is 9.06. The summed E-state index contributed by atoms with van der Waals surface area (Å²) in [6.45, 7) is 0.383. The Kier molecular flexibility index (Phi) is 5.81. The number of hydrogen-bond donors (Lipinski definition) is 2. The molecule has 0 bridgehead atoms. The standard InChI is InChI=1S/C13H19N3O3/c1-15-12(17)8-16(2)13(18)9-19-11-5-3-10(7-14)4-6-11/h3-6H,7-9,14H2,1-2H3,(H,15,17). The summed E-state index contributed by atoms with van der Waals surface area (Å²) in [5, 5.41) is 2.45. The molecular weight excluding hydrogens is 246 g/mol. The minimum absolute atomic E-state index is 0.0187. The molecule has 0 radical (unpaired) electrons. The van der Waals surface area contributed by atoms with Crippen LogP contribution in [0.1, 0.15) is 5.56 Å². The maximum absolute atomic E-state index is 11.7. The molecule has 19 heavy (non-hydrogen) atoms. The SMILES string of the molecule is CNC(=O)CN(C)C(=O)COc1ccc(CN)cc1. The van der Waals surface area contributed by atoms with Crippen molar-refractivity contribution in [3.05, 3.63) is 29.8 Å². The summed E-state index contributed by atoms with van der Waals surface area (Å²) in [7, 11) is 3.08. The summed E-state index contributed by atoms with van der Waals surface area (Å²) in [5.74, 6) is 0.119. The number of rotatable bonds is 6. The van der Waals surface area contributed by atoms with Gasteiger partial charge in [0.2, 0.25) is 5.91 Å². The van der Waals surface area contributed by atoms with E-state index in [1.165, 1.54) is 11.9 Å². The molecule has 0 heterocycles. The lowest BCUT2D eigenvalue weighted by Crippen LogP contribution is -2.39. The zero-order chi connectivity index (χ0) is 14.3. The molecule has 1 aromatic carbocycles. The van der Waals surface area contributed by atoms with E-state index in [1.54, 1.807) is 19.2 Å². The van der Waals surface area contributed by atoms with Gasteiger partial charge in [-0.15, -0.1) is 0 Å². The second kappa shape index (κ2) is 7.38. The number of nitrogens with one attached hydrogen (secondary N) is 1. The van der Waals surface area contributed by atoms with Gasteiger partial charge in [0.05, 0.1) is 6.54 Å². The van der Waals surface area contributed by atoms with Gasteiger partial charge in [-0.3, -0.25) is 9.59 Å². The number of carbonyl (C=O) groups is 2. The van der Waals surface area contributed by atoms with Crippen LogP contribution in [0.3, 0.4) is 0 Å². The number of amides is 2. The van der Waals surface area contributed by atoms with E-state index >= 15 is 0 Å². The van der Waals surface area contributed by atoms with Crippen molar-refractivity contribution in [1.82, 2.24) is 10.2 Å². The van der Waals surface area contributed by atoms with Crippen molar-refractivity contribution in [2.45, 2.75) is 6.54 Å². The predicted molar refractivity (Wildman–Crippen MR) is 71.5 cm³/mol. The van der Waals surface area contributed by atoms with Crippen LogP contribution in [0.25, 0.3) is 0 Å². The van der Waals surface area contributed by atoms with Crippen molar-refractivity contribution in [2.24, 2.45) is 5.73 Å². The van der Waals surface area contributed by atoms with Crippen LogP contribution in [0, 0.1) is 0 Å². The molecule has 2 amide bonds. The molecular formula is C13H19N3O3. The minimum atomic E-state index is -0.258. The van der Waals surface area contributed by atoms with E-state index < -0.39 is 0 Å². The van der Waals surface area contributed by atoms with Gasteiger partial charge in [0.1, 0.15) is 5.75 Å². The van der Waals surface area contributed by atoms with Crippen LogP contribution in [-0.4, -0.2) is 44.0 Å². The van der Waals surface area contributed by atoms with Crippen LogP contribution in [0.15, 0.2) is 24.3 Å². The number of carbonyl (C=O) groups excluding carboxylic acids is 2. The van der Waals surface area contributed by atoms with E-state index in [1.807, 2.05) is 12.1 Å². The van der Waals surface area contributed by atoms with Crippen LogP contribution < -0.4 is 15.8 Å². The molecule has 0 fully saturated rings. The maximum atomic E-state index is 11.7. The molecule has 6 heteroatoms. The van der Waals surface area contributed by atoms with E-state index in [-0.39, 0.29) is 25.0 Å². The first kappa shape index (κ1) is 15.0. The van der Waals surface area contributed by atoms with E-state index in [0.29, 0.717) is 12.3 Å². The number of hydrogen-bond acceptors (Lipinski definition) is 4. The fourth-order valence-corrected chi connectivity index (χ4v) is 1.36. The fourth-order valence-electron chi connectivity index (χ4n) is 1.36. The highest BCUT2D eigenvalue weighted by molar-refractivity contribution is 5.85. The number of nitrogens with zero attached hydrogens (tertiary/aromatic N) is 1. The molecule has 1 rings (SSSR count). The Bertz CT molecular complexity index is 431. The highest BCUT2D eigenvalue weighted by Gasteiger charge is 2.12. The van der Waals surface area contributed by atoms with Gasteiger partial charge in [-0.25, -0.2) is 0 Å². The van der Waals surface area contributed by atoms with E-state index in [2.05, 4.69) is 5.32 Å². The number of likely N-dealkylation sites (N-methyl/N-ethyl adjacent to an activating group) is 2. The maximum Gasteiger partial charge on any atom is 0.260 e. The normalized spacial score (nSPS) is 9.84. The number of nitrogens with two attached hydrogens (primary N) is 1. The molecule has 1 aromatic rings. The first-order valence-electron chi connectivity index (χ1n) is 5.93. The molecule has 3 N–H and O–H groups in total. The first-order valence-corrected chi connectivity index (χ1v) is 5.93. The van der Waals surface area contributed by atoms with E-state index in [4.69, 9.17) is 10.5 Å². The zero-order valence-electron chi connectivity index (χ0n) is 11.2. The third-order valence-corrected chi connectivity index (χ3v) is 2.61. The molecule has 0 aliphatic carbocycles. The Labute approximate surface area is 112 Å². The second-order valence-corrected chi connectivity index (χ2v) is 4.06. The van der Waals surface area contributed by atoms with Crippen molar-refractivity contribution in [2.75, 3.05) is 27.2 Å². The van der Waals surface area contributed by atoms with Gasteiger partial charge in [0.25, 0.3) is 5.91 Å². The summed E-state index contributed by atoms with van der Waals surface area (Å²) in [5.41, 5.74) is 6.48. The van der Waals surface area contributed by atoms with E-state index in [0.717, 1.165) is 5.56 Å². The largest absolute Gasteiger partial charge is 0.484 e. The van der Waals surface area contributed by atoms with Crippen LogP contribution in [0.2, 0.25) is 0 Å². The van der Waals surface area contributed by atoms with Crippen LogP contribution in [0.5, 0.6) is 5.75 Å². The lowest BCUT2D eigenvalue weighted by molar-refractivity contribution is -0.136. The number of ether oxygens (including phenoxy) is 1. The van der Waals surface area contributed by atoms with Crippen molar-refractivity contribution >= 4 is 11.8 Å². The van der Waals surface area contributed by atoms with E-state index in [9.17, 15) is 9.59 Å². The highest BCUT2D eigenvalue weighted by Crippen LogP contribution is 2.11. The smallest absolute Gasteiger partial charge is 0.260 e. The average Bonchev–Trinajstić information content (AvgIpc) is 2.44. The van der Waals surface area contributed by atoms with Gasteiger partial charge in [-0.1, -0.05) is 12.1 Å². The van der Waals surface area contributed by atoms with Gasteiger partial charge in [0.15, 0.2) is 6.61 Å². The lowest BCUT2D eigenvalue weighted by atomic mass is 10.2. The molecule has 0 aromatic heterocycles. The average molecular weight is 265 g/mol. The summed E-state index contributed by atoms with van der Waals surface area (Å²) in [6, 6.07) is 7.20. The molecule has 0 aliphatic rings. The molecule has 0 saturated carbocycles. The Hall–Kier alpha value is -2.08. The monoisotopic (exact) mass is 265 g/mol. The highest BCUT2D eigenvalue weighted by atomic mass is 16.5. The van der Waals surface area contributed by atoms with Crippen LogP contribution in [0.4, 0.5) is 0 Å². The minimum Gasteiger partial charge on any atom is -0.484 e. The molecule has 0 spiro atoms. The molecule has 6 nitrogen and oxygen atoms in total. The second-order valence-electron chi connectivity index (χ2n) is 4.06. The Morgan fingerprint density at radius 2 is 1.95 bits per heavy atom. The fraction of sp³-hybridized carbons (Fsp3) is 0.385. The van der Waals surface area contributed by atoms with Gasteiger partial charge in [-0.2, -0.15) is 0 Å². The predicted octanol–water partition coefficient (Wildman–Crippen LogP) is -0.271. The third kappa shape index (κ3) is 4.97. The topological polar surface area (TPSA) is 84.7 Å². The van der Waals surface area contributed by atoms with Crippen molar-refractivity contribution < 1.29 is 14.3 Å². The summed E-state index contributed by atoms with van der Waals surface area (Å²) >= 11 is 0. The van der Waals surface area contributed by atoms with Gasteiger partial charge in [0, 0.05) is 20.6 Å². The Morgan fingerprint density at radius 1 is 1.32 bits per heavy atom. The third-order valence-electron chi connectivity index (χ3n) is 2.61. The Morgan fingerprint density at radius 3 is 2.47 bits per heavy atom. The number of benzene rings is 1. The molecule has 0 atom stereocenters. The molecule has 0 aliphatic heterocycles. The summed E-state index contributed by atoms with van der Waals surface area (Å²) in [4.78, 5) is 24.1. The zero-order valence-corrected chi connectivity index (χ0v) is 11.2. The van der Waals surface area contributed by atoms with Gasteiger partial charge < -0.3 is 20.7 Å². The van der Waals surface area contributed by atoms with Gasteiger partial charge >= 0.3 is 0 Å². The van der Waals surface area contributed by atoms with Crippen molar-refractivity contribution in [3.8, 4) is 5.75 Å². The quantitative estimate of drug-likeness (QED) is 0.741. The van der Waals surface area contributed by atoms with Gasteiger partial charge in [-0.05, 0) is 17.7 Å². The molecule has 0 unspecified atom stereocenters. The summed E-state index contributed by atoms with van der Waals surface area (Å²) in [6.07, 6.45) is 0. The molecule has 104 valence electrons. The molecule has 0 saturated heterocycles. The van der Waals surface area contributed by atoms with Crippen molar-refractivity contribution in [3.63, 3.8) is 0 Å². The Balaban J connectivity index is 2.42. The lowest BCUT2D eigenvalue weighted by Gasteiger charge is -2.16. The van der Waals surface area contributed by atoms with Crippen molar-refractivity contribution in [1.29, 1.82) is 0 Å². The summed E-state index contributed by atoms with van der Waals surface area (Å²) < 4.78 is 5.34. The van der Waals surface area contributed by atoms with Crippen LogP contribution in [-0.2, 0) is 16.1 Å².